The highest BCUT2D eigenvalue weighted by Crippen LogP contribution is 2.20. The van der Waals surface area contributed by atoms with Crippen LogP contribution in [0.25, 0.3) is 0 Å². The summed E-state index contributed by atoms with van der Waals surface area (Å²) >= 11 is 0. The van der Waals surface area contributed by atoms with Crippen molar-refractivity contribution >= 4 is 33.6 Å². The van der Waals surface area contributed by atoms with Gasteiger partial charge in [0.1, 0.15) is 0 Å². The largest absolute Gasteiger partial charge is 0.473 e. The van der Waals surface area contributed by atoms with Crippen LogP contribution in [0.2, 0.25) is 0 Å². The zero-order chi connectivity index (χ0) is 22.2. The van der Waals surface area contributed by atoms with Gasteiger partial charge in [-0.2, -0.15) is 4.31 Å². The Morgan fingerprint density at radius 1 is 1.03 bits per heavy atom. The van der Waals surface area contributed by atoms with Gasteiger partial charge >= 0.3 is 11.9 Å². The highest BCUT2D eigenvalue weighted by molar-refractivity contribution is 7.89. The first-order valence-electron chi connectivity index (χ1n) is 9.07. The molecule has 1 aliphatic heterocycles. The van der Waals surface area contributed by atoms with Crippen molar-refractivity contribution < 1.29 is 33.0 Å². The Morgan fingerprint density at radius 3 is 1.90 bits per heavy atom. The number of piperazine rings is 1. The number of anilines is 1. The minimum atomic E-state index is -3.47. The van der Waals surface area contributed by atoms with E-state index in [9.17, 15) is 13.2 Å². The lowest BCUT2D eigenvalue weighted by Crippen LogP contribution is -2.51. The van der Waals surface area contributed by atoms with Crippen molar-refractivity contribution in [2.24, 2.45) is 0 Å². The van der Waals surface area contributed by atoms with Gasteiger partial charge in [-0.05, 0) is 37.6 Å². The first kappa shape index (κ1) is 24.5. The second kappa shape index (κ2) is 10.9. The lowest BCUT2D eigenvalue weighted by molar-refractivity contribution is -0.159. The molecule has 0 bridgehead atoms. The molecule has 1 heterocycles. The van der Waals surface area contributed by atoms with Crippen LogP contribution in [0, 0.1) is 0 Å². The second-order valence-electron chi connectivity index (χ2n) is 6.51. The van der Waals surface area contributed by atoms with Gasteiger partial charge in [0, 0.05) is 44.8 Å². The molecule has 10 nitrogen and oxygen atoms in total. The SMILES string of the molecule is CCC(C)N1CCN(S(=O)(=O)c2ccc(NC(C)=O)cc2)CC1.O=C(O)C(=O)O. The number of sulfonamides is 1. The van der Waals surface area contributed by atoms with Crippen LogP contribution in [0.15, 0.2) is 29.2 Å². The molecule has 1 unspecified atom stereocenters. The molecule has 1 fully saturated rings. The normalized spacial score (nSPS) is 16.2. The van der Waals surface area contributed by atoms with Crippen molar-refractivity contribution in [1.29, 1.82) is 0 Å². The average Bonchev–Trinajstić information content (AvgIpc) is 2.67. The Labute approximate surface area is 170 Å². The zero-order valence-electron chi connectivity index (χ0n) is 16.7. The van der Waals surface area contributed by atoms with Gasteiger partial charge in [0.2, 0.25) is 15.9 Å². The van der Waals surface area contributed by atoms with E-state index in [1.165, 1.54) is 6.92 Å². The standard InChI is InChI=1S/C16H25N3O3S.C2H2O4/c1-4-13(2)18-9-11-19(12-10-18)23(21,22)16-7-5-15(6-8-16)17-14(3)20;3-1(4)2(5)6/h5-8,13H,4,9-12H2,1-3H3,(H,17,20);(H,3,4)(H,5,6). The van der Waals surface area contributed by atoms with Gasteiger partial charge in [-0.15, -0.1) is 0 Å². The first-order valence-corrected chi connectivity index (χ1v) is 10.5. The number of aliphatic carboxylic acids is 2. The molecule has 0 aliphatic carbocycles. The van der Waals surface area contributed by atoms with Crippen LogP contribution in [-0.2, 0) is 24.4 Å². The second-order valence-corrected chi connectivity index (χ2v) is 8.45. The zero-order valence-corrected chi connectivity index (χ0v) is 17.5. The fraction of sp³-hybridized carbons (Fsp3) is 0.500. The molecule has 0 radical (unpaired) electrons. The third-order valence-corrected chi connectivity index (χ3v) is 6.40. The number of carboxylic acid groups (broad SMARTS) is 2. The summed E-state index contributed by atoms with van der Waals surface area (Å²) in [5, 5.41) is 17.4. The average molecular weight is 429 g/mol. The number of carbonyl (C=O) groups excluding carboxylic acids is 1. The summed E-state index contributed by atoms with van der Waals surface area (Å²) in [6.07, 6.45) is 1.07. The maximum Gasteiger partial charge on any atom is 0.414 e. The van der Waals surface area contributed by atoms with Crippen molar-refractivity contribution in [3.63, 3.8) is 0 Å². The topological polar surface area (TPSA) is 144 Å². The van der Waals surface area contributed by atoms with Gasteiger partial charge in [0.05, 0.1) is 4.90 Å². The van der Waals surface area contributed by atoms with E-state index in [2.05, 4.69) is 24.1 Å². The number of hydrogen-bond acceptors (Lipinski definition) is 6. The van der Waals surface area contributed by atoms with Crippen molar-refractivity contribution in [1.82, 2.24) is 9.21 Å². The summed E-state index contributed by atoms with van der Waals surface area (Å²) in [7, 11) is -3.47. The number of hydrogen-bond donors (Lipinski definition) is 3. The molecular formula is C18H27N3O7S. The van der Waals surface area contributed by atoms with Crippen LogP contribution in [0.4, 0.5) is 5.69 Å². The van der Waals surface area contributed by atoms with E-state index in [-0.39, 0.29) is 10.8 Å². The molecule has 3 N–H and O–H groups in total. The lowest BCUT2D eigenvalue weighted by atomic mass is 10.2. The number of rotatable bonds is 5. The monoisotopic (exact) mass is 429 g/mol. The molecule has 1 amide bonds. The van der Waals surface area contributed by atoms with Crippen LogP contribution < -0.4 is 5.32 Å². The van der Waals surface area contributed by atoms with Gasteiger partial charge in [0.15, 0.2) is 0 Å². The molecule has 29 heavy (non-hydrogen) atoms. The van der Waals surface area contributed by atoms with Gasteiger partial charge in [-0.25, -0.2) is 18.0 Å². The Morgan fingerprint density at radius 2 is 1.52 bits per heavy atom. The molecule has 0 aromatic heterocycles. The minimum Gasteiger partial charge on any atom is -0.473 e. The van der Waals surface area contributed by atoms with E-state index in [0.29, 0.717) is 24.8 Å². The molecule has 2 rings (SSSR count). The maximum absolute atomic E-state index is 12.7. The summed E-state index contributed by atoms with van der Waals surface area (Å²) in [5.41, 5.74) is 0.595. The third-order valence-electron chi connectivity index (χ3n) is 4.48. The molecule has 1 saturated heterocycles. The number of carbonyl (C=O) groups is 3. The Bertz CT molecular complexity index is 804. The predicted molar refractivity (Wildman–Crippen MR) is 106 cm³/mol. The van der Waals surface area contributed by atoms with Crippen LogP contribution in [0.1, 0.15) is 27.2 Å². The number of amides is 1. The molecule has 0 saturated carbocycles. The predicted octanol–water partition coefficient (Wildman–Crippen LogP) is 0.905. The quantitative estimate of drug-likeness (QED) is 0.586. The Kier molecular flexibility index (Phi) is 9.21. The number of nitrogens with zero attached hydrogens (tertiary/aromatic N) is 2. The van der Waals surface area contributed by atoms with Crippen molar-refractivity contribution in [2.45, 2.75) is 38.1 Å². The van der Waals surface area contributed by atoms with Gasteiger partial charge in [0.25, 0.3) is 0 Å². The van der Waals surface area contributed by atoms with Crippen molar-refractivity contribution in [2.75, 3.05) is 31.5 Å². The minimum absolute atomic E-state index is 0.179. The summed E-state index contributed by atoms with van der Waals surface area (Å²) in [5.74, 6) is -3.83. The number of benzene rings is 1. The van der Waals surface area contributed by atoms with Gasteiger partial charge < -0.3 is 15.5 Å². The third kappa shape index (κ3) is 7.44. The molecule has 1 atom stereocenters. The van der Waals surface area contributed by atoms with E-state index >= 15 is 0 Å². The molecule has 0 spiro atoms. The van der Waals surface area contributed by atoms with Crippen LogP contribution >= 0.6 is 0 Å². The molecule has 1 aliphatic rings. The fourth-order valence-electron chi connectivity index (χ4n) is 2.71. The molecular weight excluding hydrogens is 402 g/mol. The summed E-state index contributed by atoms with van der Waals surface area (Å²) in [6.45, 7) is 8.29. The number of carboxylic acids is 2. The maximum atomic E-state index is 12.7. The summed E-state index contributed by atoms with van der Waals surface area (Å²) in [4.78, 5) is 31.8. The van der Waals surface area contributed by atoms with Gasteiger partial charge in [-0.1, -0.05) is 6.92 Å². The molecule has 162 valence electrons. The number of nitrogens with one attached hydrogen (secondary N) is 1. The Balaban J connectivity index is 0.000000612. The molecule has 1 aromatic rings. The Hall–Kier alpha value is -2.50. The smallest absolute Gasteiger partial charge is 0.414 e. The first-order chi connectivity index (χ1) is 13.5. The van der Waals surface area contributed by atoms with Crippen molar-refractivity contribution in [3.05, 3.63) is 24.3 Å². The fourth-order valence-corrected chi connectivity index (χ4v) is 4.13. The highest BCUT2D eigenvalue weighted by Gasteiger charge is 2.29. The summed E-state index contributed by atoms with van der Waals surface area (Å²) < 4.78 is 26.9. The van der Waals surface area contributed by atoms with E-state index < -0.39 is 22.0 Å². The van der Waals surface area contributed by atoms with E-state index in [1.54, 1.807) is 28.6 Å². The van der Waals surface area contributed by atoms with Crippen LogP contribution in [0.3, 0.4) is 0 Å². The van der Waals surface area contributed by atoms with E-state index in [0.717, 1.165) is 19.5 Å². The summed E-state index contributed by atoms with van der Waals surface area (Å²) in [6, 6.07) is 6.80. The van der Waals surface area contributed by atoms with E-state index in [4.69, 9.17) is 19.8 Å². The van der Waals surface area contributed by atoms with Crippen LogP contribution in [0.5, 0.6) is 0 Å². The van der Waals surface area contributed by atoms with Gasteiger partial charge in [-0.3, -0.25) is 9.69 Å². The van der Waals surface area contributed by atoms with Crippen LogP contribution in [-0.4, -0.2) is 77.9 Å². The highest BCUT2D eigenvalue weighted by atomic mass is 32.2. The lowest BCUT2D eigenvalue weighted by Gasteiger charge is -2.37. The van der Waals surface area contributed by atoms with E-state index in [1.807, 2.05) is 0 Å². The van der Waals surface area contributed by atoms with Crippen molar-refractivity contribution in [3.8, 4) is 0 Å². The molecule has 1 aromatic carbocycles. The molecule has 11 heteroatoms.